The van der Waals surface area contributed by atoms with Gasteiger partial charge in [-0.25, -0.2) is 0 Å². The summed E-state index contributed by atoms with van der Waals surface area (Å²) in [6.45, 7) is 4.26. The van der Waals surface area contributed by atoms with Crippen LogP contribution < -0.4 is 5.32 Å². The molecule has 2 heterocycles. The SMILES string of the molecule is CC(C)n1cc2c(n1)CC(NC(=O)c1ccc3cnccc3c1)CC2. The van der Waals surface area contributed by atoms with Gasteiger partial charge in [0.1, 0.15) is 0 Å². The summed E-state index contributed by atoms with van der Waals surface area (Å²) in [5, 5.41) is 9.93. The summed E-state index contributed by atoms with van der Waals surface area (Å²) in [5.74, 6) is -0.0181. The maximum atomic E-state index is 12.6. The van der Waals surface area contributed by atoms with Crippen LogP contribution >= 0.6 is 0 Å². The fourth-order valence-electron chi connectivity index (χ4n) is 3.39. The molecule has 5 heteroatoms. The lowest BCUT2D eigenvalue weighted by molar-refractivity contribution is 0.0933. The fraction of sp³-hybridized carbons (Fsp3) is 0.350. The van der Waals surface area contributed by atoms with Gasteiger partial charge in [0.2, 0.25) is 0 Å². The Morgan fingerprint density at radius 1 is 1.28 bits per heavy atom. The summed E-state index contributed by atoms with van der Waals surface area (Å²) in [4.78, 5) is 16.7. The van der Waals surface area contributed by atoms with E-state index in [9.17, 15) is 4.79 Å². The molecule has 0 saturated carbocycles. The van der Waals surface area contributed by atoms with Crippen LogP contribution in [-0.4, -0.2) is 26.7 Å². The van der Waals surface area contributed by atoms with Crippen LogP contribution in [0.4, 0.5) is 0 Å². The number of pyridine rings is 1. The minimum Gasteiger partial charge on any atom is -0.349 e. The normalized spacial score (nSPS) is 16.8. The summed E-state index contributed by atoms with van der Waals surface area (Å²) in [6.07, 6.45) is 8.44. The van der Waals surface area contributed by atoms with E-state index in [1.54, 1.807) is 6.20 Å². The van der Waals surface area contributed by atoms with Gasteiger partial charge in [0.25, 0.3) is 5.91 Å². The van der Waals surface area contributed by atoms with E-state index in [0.717, 1.165) is 35.7 Å². The molecule has 3 aromatic rings. The lowest BCUT2D eigenvalue weighted by Gasteiger charge is -2.22. The van der Waals surface area contributed by atoms with Gasteiger partial charge in [-0.1, -0.05) is 6.07 Å². The minimum absolute atomic E-state index is 0.0181. The van der Waals surface area contributed by atoms with Crippen molar-refractivity contribution in [1.29, 1.82) is 0 Å². The Morgan fingerprint density at radius 2 is 2.16 bits per heavy atom. The molecule has 1 amide bonds. The molecule has 1 N–H and O–H groups in total. The van der Waals surface area contributed by atoms with Crippen molar-refractivity contribution in [1.82, 2.24) is 20.1 Å². The number of rotatable bonds is 3. The highest BCUT2D eigenvalue weighted by molar-refractivity contribution is 5.98. The summed E-state index contributed by atoms with van der Waals surface area (Å²) < 4.78 is 2.02. The Hall–Kier alpha value is -2.69. The van der Waals surface area contributed by atoms with Gasteiger partial charge in [-0.05, 0) is 55.8 Å². The number of aryl methyl sites for hydroxylation is 1. The highest BCUT2D eigenvalue weighted by atomic mass is 16.1. The van der Waals surface area contributed by atoms with E-state index < -0.39 is 0 Å². The summed E-state index contributed by atoms with van der Waals surface area (Å²) in [5.41, 5.74) is 3.13. The molecule has 0 spiro atoms. The van der Waals surface area contributed by atoms with Crippen LogP contribution in [0.3, 0.4) is 0 Å². The Balaban J connectivity index is 1.48. The second-order valence-electron chi connectivity index (χ2n) is 7.03. The molecule has 128 valence electrons. The van der Waals surface area contributed by atoms with Crippen LogP contribution in [0.1, 0.15) is 47.9 Å². The third kappa shape index (κ3) is 3.14. The van der Waals surface area contributed by atoms with E-state index in [-0.39, 0.29) is 11.9 Å². The second kappa shape index (κ2) is 6.31. The quantitative estimate of drug-likeness (QED) is 0.799. The van der Waals surface area contributed by atoms with Gasteiger partial charge in [0.15, 0.2) is 0 Å². The fourth-order valence-corrected chi connectivity index (χ4v) is 3.39. The van der Waals surface area contributed by atoms with E-state index in [1.807, 2.05) is 35.1 Å². The van der Waals surface area contributed by atoms with Crippen LogP contribution in [0, 0.1) is 0 Å². The van der Waals surface area contributed by atoms with Gasteiger partial charge >= 0.3 is 0 Å². The Kier molecular flexibility index (Phi) is 3.99. The van der Waals surface area contributed by atoms with Gasteiger partial charge in [-0.15, -0.1) is 0 Å². The molecular formula is C20H22N4O. The van der Waals surface area contributed by atoms with Crippen LogP contribution in [0.2, 0.25) is 0 Å². The van der Waals surface area contributed by atoms with Crippen LogP contribution in [0.5, 0.6) is 0 Å². The number of nitrogens with zero attached hydrogens (tertiary/aromatic N) is 3. The maximum absolute atomic E-state index is 12.6. The molecule has 0 fully saturated rings. The number of carbonyl (C=O) groups excluding carboxylic acids is 1. The Bertz CT molecular complexity index is 928. The van der Waals surface area contributed by atoms with Crippen molar-refractivity contribution in [2.75, 3.05) is 0 Å². The van der Waals surface area contributed by atoms with Crippen molar-refractivity contribution < 1.29 is 4.79 Å². The first-order valence-electron chi connectivity index (χ1n) is 8.81. The molecule has 1 aliphatic carbocycles. The van der Waals surface area contributed by atoms with Gasteiger partial charge in [0.05, 0.1) is 5.69 Å². The van der Waals surface area contributed by atoms with Gasteiger partial charge in [0, 0.05) is 48.0 Å². The first-order chi connectivity index (χ1) is 12.1. The number of benzene rings is 1. The smallest absolute Gasteiger partial charge is 0.251 e. The standard InChI is InChI=1S/C20H22N4O/c1-13(2)24-12-17-5-6-18(10-19(17)23-24)22-20(25)15-3-4-16-11-21-8-7-14(16)9-15/h3-4,7-9,11-13,18H,5-6,10H2,1-2H3,(H,22,25). The van der Waals surface area contributed by atoms with Gasteiger partial charge in [-0.3, -0.25) is 14.5 Å². The number of aromatic nitrogens is 3. The number of hydrogen-bond acceptors (Lipinski definition) is 3. The van der Waals surface area contributed by atoms with Crippen LogP contribution in [0.15, 0.2) is 42.9 Å². The lowest BCUT2D eigenvalue weighted by atomic mass is 9.93. The predicted octanol–water partition coefficient (Wildman–Crippen LogP) is 3.30. The van der Waals surface area contributed by atoms with E-state index in [2.05, 4.69) is 35.4 Å². The van der Waals surface area contributed by atoms with Gasteiger partial charge < -0.3 is 5.32 Å². The maximum Gasteiger partial charge on any atom is 0.251 e. The number of hydrogen-bond donors (Lipinski definition) is 1. The van der Waals surface area contributed by atoms with Crippen molar-refractivity contribution in [2.45, 2.75) is 45.2 Å². The number of fused-ring (bicyclic) bond motifs is 2. The van der Waals surface area contributed by atoms with Crippen LogP contribution in [0.25, 0.3) is 10.8 Å². The van der Waals surface area contributed by atoms with E-state index in [1.165, 1.54) is 5.56 Å². The zero-order chi connectivity index (χ0) is 17.4. The second-order valence-corrected chi connectivity index (χ2v) is 7.03. The highest BCUT2D eigenvalue weighted by Gasteiger charge is 2.23. The number of carbonyl (C=O) groups is 1. The van der Waals surface area contributed by atoms with Crippen molar-refractivity contribution >= 4 is 16.7 Å². The summed E-state index contributed by atoms with van der Waals surface area (Å²) in [6, 6.07) is 8.17. The number of amides is 1. The van der Waals surface area contributed by atoms with Crippen molar-refractivity contribution in [3.63, 3.8) is 0 Å². The molecule has 25 heavy (non-hydrogen) atoms. The molecule has 1 aromatic carbocycles. The monoisotopic (exact) mass is 334 g/mol. The third-order valence-corrected chi connectivity index (χ3v) is 4.86. The van der Waals surface area contributed by atoms with Crippen molar-refractivity contribution in [2.24, 2.45) is 0 Å². The predicted molar refractivity (Wildman–Crippen MR) is 97.6 cm³/mol. The largest absolute Gasteiger partial charge is 0.349 e. The Morgan fingerprint density at radius 3 is 3.00 bits per heavy atom. The summed E-state index contributed by atoms with van der Waals surface area (Å²) in [7, 11) is 0. The highest BCUT2D eigenvalue weighted by Crippen LogP contribution is 2.22. The lowest BCUT2D eigenvalue weighted by Crippen LogP contribution is -2.38. The zero-order valence-corrected chi connectivity index (χ0v) is 14.6. The molecule has 0 aliphatic heterocycles. The van der Waals surface area contributed by atoms with Crippen LogP contribution in [-0.2, 0) is 12.8 Å². The molecular weight excluding hydrogens is 312 g/mol. The summed E-state index contributed by atoms with van der Waals surface area (Å²) >= 11 is 0. The van der Waals surface area contributed by atoms with Gasteiger partial charge in [-0.2, -0.15) is 5.10 Å². The van der Waals surface area contributed by atoms with Crippen molar-refractivity contribution in [3.05, 3.63) is 59.7 Å². The molecule has 1 aliphatic rings. The average Bonchev–Trinajstić information content (AvgIpc) is 3.05. The first kappa shape index (κ1) is 15.8. The molecule has 0 saturated heterocycles. The molecule has 0 bridgehead atoms. The van der Waals surface area contributed by atoms with E-state index in [4.69, 9.17) is 0 Å². The van der Waals surface area contributed by atoms with E-state index in [0.29, 0.717) is 11.6 Å². The molecule has 4 rings (SSSR count). The van der Waals surface area contributed by atoms with Crippen molar-refractivity contribution in [3.8, 4) is 0 Å². The zero-order valence-electron chi connectivity index (χ0n) is 14.6. The number of nitrogens with one attached hydrogen (secondary N) is 1. The molecule has 1 unspecified atom stereocenters. The van der Waals surface area contributed by atoms with E-state index >= 15 is 0 Å². The average molecular weight is 334 g/mol. The Labute approximate surface area is 147 Å². The molecule has 2 aromatic heterocycles. The molecule has 1 atom stereocenters. The minimum atomic E-state index is -0.0181. The first-order valence-corrected chi connectivity index (χ1v) is 8.81. The molecule has 5 nitrogen and oxygen atoms in total. The topological polar surface area (TPSA) is 59.8 Å². The third-order valence-electron chi connectivity index (χ3n) is 4.86. The molecule has 0 radical (unpaired) electrons.